The number of aromatic nitrogens is 1. The summed E-state index contributed by atoms with van der Waals surface area (Å²) in [7, 11) is 0. The van der Waals surface area contributed by atoms with Crippen molar-refractivity contribution >= 4 is 17.9 Å². The topological polar surface area (TPSA) is 111 Å². The van der Waals surface area contributed by atoms with Gasteiger partial charge in [-0.05, 0) is 27.7 Å². The Bertz CT molecular complexity index is 502. The van der Waals surface area contributed by atoms with E-state index in [1.165, 1.54) is 0 Å². The van der Waals surface area contributed by atoms with E-state index >= 15 is 0 Å². The highest BCUT2D eigenvalue weighted by Gasteiger charge is 2.20. The van der Waals surface area contributed by atoms with Gasteiger partial charge in [-0.15, -0.1) is 0 Å². The van der Waals surface area contributed by atoms with Gasteiger partial charge in [0.15, 0.2) is 6.61 Å². The lowest BCUT2D eigenvalue weighted by molar-refractivity contribution is -0.123. The molecule has 1 aromatic heterocycles. The summed E-state index contributed by atoms with van der Waals surface area (Å²) in [6, 6.07) is -0.744. The Morgan fingerprint density at radius 2 is 1.95 bits per heavy atom. The molecule has 0 bridgehead atoms. The number of urea groups is 1. The molecule has 0 fully saturated rings. The summed E-state index contributed by atoms with van der Waals surface area (Å²) < 4.78 is 9.60. The summed E-state index contributed by atoms with van der Waals surface area (Å²) in [5.74, 6) is -1.13. The molecule has 0 spiro atoms. The van der Waals surface area contributed by atoms with Crippen molar-refractivity contribution in [2.45, 2.75) is 33.7 Å². The molecule has 2 N–H and O–H groups in total. The SMILES string of the molecule is Cc1noc(C)c1C(=O)OCC(=O)NC(=O)NC(C)C. The van der Waals surface area contributed by atoms with Gasteiger partial charge in [0.05, 0.1) is 5.69 Å². The van der Waals surface area contributed by atoms with Crippen molar-refractivity contribution in [2.24, 2.45) is 0 Å². The molecule has 0 saturated heterocycles. The molecule has 0 aliphatic heterocycles. The summed E-state index contributed by atoms with van der Waals surface area (Å²) in [5.41, 5.74) is 0.565. The first-order chi connectivity index (χ1) is 9.31. The van der Waals surface area contributed by atoms with Crippen molar-refractivity contribution in [2.75, 3.05) is 6.61 Å². The number of nitrogens with zero attached hydrogens (tertiary/aromatic N) is 1. The van der Waals surface area contributed by atoms with E-state index in [2.05, 4.69) is 10.5 Å². The molecular formula is C12H17N3O5. The van der Waals surface area contributed by atoms with Gasteiger partial charge in [-0.3, -0.25) is 10.1 Å². The second kappa shape index (κ2) is 6.69. The van der Waals surface area contributed by atoms with Gasteiger partial charge in [-0.1, -0.05) is 5.16 Å². The van der Waals surface area contributed by atoms with Gasteiger partial charge in [0.1, 0.15) is 11.3 Å². The summed E-state index contributed by atoms with van der Waals surface area (Å²) in [5, 5.41) is 8.11. The number of hydrogen-bond donors (Lipinski definition) is 2. The highest BCUT2D eigenvalue weighted by atomic mass is 16.5. The fourth-order valence-corrected chi connectivity index (χ4v) is 1.44. The first kappa shape index (κ1) is 15.7. The number of carbonyl (C=O) groups is 3. The molecule has 0 saturated carbocycles. The normalized spacial score (nSPS) is 10.2. The van der Waals surface area contributed by atoms with E-state index in [-0.39, 0.29) is 11.6 Å². The van der Waals surface area contributed by atoms with E-state index in [4.69, 9.17) is 9.26 Å². The third kappa shape index (κ3) is 4.38. The zero-order valence-corrected chi connectivity index (χ0v) is 11.8. The molecule has 1 rings (SSSR count). The lowest BCUT2D eigenvalue weighted by Gasteiger charge is -2.09. The van der Waals surface area contributed by atoms with E-state index in [1.807, 2.05) is 5.32 Å². The first-order valence-electron chi connectivity index (χ1n) is 6.01. The number of esters is 1. The minimum atomic E-state index is -0.722. The number of imide groups is 1. The van der Waals surface area contributed by atoms with Crippen LogP contribution in [0.3, 0.4) is 0 Å². The molecule has 0 aliphatic rings. The van der Waals surface area contributed by atoms with Gasteiger partial charge in [0.2, 0.25) is 0 Å². The Kier molecular flexibility index (Phi) is 5.24. The van der Waals surface area contributed by atoms with Gasteiger partial charge in [0.25, 0.3) is 5.91 Å². The van der Waals surface area contributed by atoms with Gasteiger partial charge in [0, 0.05) is 6.04 Å². The quantitative estimate of drug-likeness (QED) is 0.786. The van der Waals surface area contributed by atoms with Crippen molar-refractivity contribution < 1.29 is 23.6 Å². The zero-order valence-electron chi connectivity index (χ0n) is 11.8. The van der Waals surface area contributed by atoms with E-state index < -0.39 is 24.5 Å². The summed E-state index contributed by atoms with van der Waals surface area (Å²) >= 11 is 0. The average molecular weight is 283 g/mol. The number of hydrogen-bond acceptors (Lipinski definition) is 6. The maximum absolute atomic E-state index is 11.7. The van der Waals surface area contributed by atoms with Crippen molar-refractivity contribution in [1.82, 2.24) is 15.8 Å². The van der Waals surface area contributed by atoms with Gasteiger partial charge in [-0.2, -0.15) is 0 Å². The summed E-state index contributed by atoms with van der Waals surface area (Å²) in [4.78, 5) is 34.3. The van der Waals surface area contributed by atoms with Crippen LogP contribution in [0, 0.1) is 13.8 Å². The van der Waals surface area contributed by atoms with Crippen LogP contribution in [-0.4, -0.2) is 35.7 Å². The van der Waals surface area contributed by atoms with E-state index in [1.54, 1.807) is 27.7 Å². The zero-order chi connectivity index (χ0) is 15.3. The third-order valence-electron chi connectivity index (χ3n) is 2.24. The molecule has 110 valence electrons. The predicted molar refractivity (Wildman–Crippen MR) is 68.1 cm³/mol. The van der Waals surface area contributed by atoms with Crippen LogP contribution in [0.2, 0.25) is 0 Å². The van der Waals surface area contributed by atoms with E-state index in [9.17, 15) is 14.4 Å². The number of rotatable bonds is 4. The lowest BCUT2D eigenvalue weighted by Crippen LogP contribution is -2.44. The highest BCUT2D eigenvalue weighted by molar-refractivity contribution is 5.97. The fourth-order valence-electron chi connectivity index (χ4n) is 1.44. The van der Waals surface area contributed by atoms with Crippen LogP contribution in [0.5, 0.6) is 0 Å². The molecule has 8 nitrogen and oxygen atoms in total. The van der Waals surface area contributed by atoms with Crippen LogP contribution in [0.15, 0.2) is 4.52 Å². The molecule has 0 unspecified atom stereocenters. The number of amides is 3. The summed E-state index contributed by atoms with van der Waals surface area (Å²) in [6.07, 6.45) is 0. The van der Waals surface area contributed by atoms with Crippen LogP contribution >= 0.6 is 0 Å². The van der Waals surface area contributed by atoms with Crippen LogP contribution in [0.25, 0.3) is 0 Å². The van der Waals surface area contributed by atoms with E-state index in [0.29, 0.717) is 11.5 Å². The molecule has 0 aliphatic carbocycles. The molecule has 1 aromatic rings. The highest BCUT2D eigenvalue weighted by Crippen LogP contribution is 2.13. The molecule has 0 aromatic carbocycles. The second-order valence-electron chi connectivity index (χ2n) is 4.45. The van der Waals surface area contributed by atoms with Crippen LogP contribution < -0.4 is 10.6 Å². The Hall–Kier alpha value is -2.38. The molecular weight excluding hydrogens is 266 g/mol. The number of nitrogens with one attached hydrogen (secondary N) is 2. The summed E-state index contributed by atoms with van der Waals surface area (Å²) in [6.45, 7) is 6.09. The van der Waals surface area contributed by atoms with Crippen molar-refractivity contribution in [3.63, 3.8) is 0 Å². The number of aryl methyl sites for hydroxylation is 2. The third-order valence-corrected chi connectivity index (χ3v) is 2.24. The molecule has 1 heterocycles. The van der Waals surface area contributed by atoms with Gasteiger partial charge >= 0.3 is 12.0 Å². The minimum absolute atomic E-state index is 0.104. The lowest BCUT2D eigenvalue weighted by atomic mass is 10.2. The maximum Gasteiger partial charge on any atom is 0.344 e. The predicted octanol–water partition coefficient (Wildman–Crippen LogP) is 0.682. The Balaban J connectivity index is 2.46. The second-order valence-corrected chi connectivity index (χ2v) is 4.45. The average Bonchev–Trinajstić information content (AvgIpc) is 2.65. The number of carbonyl (C=O) groups excluding carboxylic acids is 3. The van der Waals surface area contributed by atoms with Gasteiger partial charge in [-0.25, -0.2) is 9.59 Å². The maximum atomic E-state index is 11.7. The molecule has 0 atom stereocenters. The van der Waals surface area contributed by atoms with Crippen molar-refractivity contribution in [3.8, 4) is 0 Å². The fraction of sp³-hybridized carbons (Fsp3) is 0.500. The molecule has 8 heteroatoms. The van der Waals surface area contributed by atoms with Crippen molar-refractivity contribution in [3.05, 3.63) is 17.0 Å². The number of ether oxygens (including phenoxy) is 1. The Labute approximate surface area is 115 Å². The first-order valence-corrected chi connectivity index (χ1v) is 6.01. The molecule has 20 heavy (non-hydrogen) atoms. The largest absolute Gasteiger partial charge is 0.452 e. The van der Waals surface area contributed by atoms with Gasteiger partial charge < -0.3 is 14.6 Å². The molecule has 3 amide bonds. The minimum Gasteiger partial charge on any atom is -0.452 e. The van der Waals surface area contributed by atoms with Crippen molar-refractivity contribution in [1.29, 1.82) is 0 Å². The smallest absolute Gasteiger partial charge is 0.344 e. The van der Waals surface area contributed by atoms with Crippen LogP contribution in [0.1, 0.15) is 35.7 Å². The Morgan fingerprint density at radius 1 is 1.30 bits per heavy atom. The van der Waals surface area contributed by atoms with Crippen LogP contribution in [0.4, 0.5) is 4.79 Å². The Morgan fingerprint density at radius 3 is 2.45 bits per heavy atom. The molecule has 0 radical (unpaired) electrons. The monoisotopic (exact) mass is 283 g/mol. The van der Waals surface area contributed by atoms with Crippen LogP contribution in [-0.2, 0) is 9.53 Å². The van der Waals surface area contributed by atoms with E-state index in [0.717, 1.165) is 0 Å². The standard InChI is InChI=1S/C12H17N3O5/c1-6(2)13-12(18)14-9(16)5-19-11(17)10-7(3)15-20-8(10)4/h6H,5H2,1-4H3,(H2,13,14,16,18).